The molecule has 1 aliphatic carbocycles. The maximum atomic E-state index is 13.3. The topological polar surface area (TPSA) is 104 Å². The number of nitrogens with one attached hydrogen (secondary N) is 2. The molecule has 1 aromatic carbocycles. The van der Waals surface area contributed by atoms with Gasteiger partial charge in [-0.3, -0.25) is 4.79 Å². The molecule has 0 radical (unpaired) electrons. The van der Waals surface area contributed by atoms with Gasteiger partial charge in [0.25, 0.3) is 0 Å². The van der Waals surface area contributed by atoms with Gasteiger partial charge in [-0.15, -0.1) is 0 Å². The summed E-state index contributed by atoms with van der Waals surface area (Å²) < 4.78 is 19.6. The molecule has 0 saturated heterocycles. The van der Waals surface area contributed by atoms with E-state index in [-0.39, 0.29) is 29.9 Å². The quantitative estimate of drug-likeness (QED) is 0.374. The molecule has 8 heteroatoms. The monoisotopic (exact) mass is 499 g/mol. The maximum Gasteiger partial charge on any atom is 0.218 e. The van der Waals surface area contributed by atoms with E-state index in [1.807, 2.05) is 6.07 Å². The van der Waals surface area contributed by atoms with Crippen LogP contribution in [0.25, 0.3) is 0 Å². The average Bonchev–Trinajstić information content (AvgIpc) is 2.84. The number of benzene rings is 1. The Balaban J connectivity index is 1.49. The van der Waals surface area contributed by atoms with Crippen LogP contribution in [0.15, 0.2) is 36.5 Å². The summed E-state index contributed by atoms with van der Waals surface area (Å²) in [6, 6.07) is 7.42. The number of ether oxygens (including phenoxy) is 1. The van der Waals surface area contributed by atoms with Gasteiger partial charge < -0.3 is 25.6 Å². The minimum Gasteiger partial charge on any atom is -0.471 e. The molecule has 1 unspecified atom stereocenters. The van der Waals surface area contributed by atoms with E-state index in [0.29, 0.717) is 18.7 Å². The molecule has 1 aliphatic heterocycles. The normalized spacial score (nSPS) is 20.5. The van der Waals surface area contributed by atoms with E-state index in [1.54, 1.807) is 18.3 Å². The third kappa shape index (κ3) is 6.41. The van der Waals surface area contributed by atoms with Crippen LogP contribution >= 0.6 is 0 Å². The van der Waals surface area contributed by atoms with Gasteiger partial charge in [0, 0.05) is 37.7 Å². The number of pyridine rings is 1. The number of aliphatic hydroxyl groups excluding tert-OH is 2. The largest absolute Gasteiger partial charge is 0.471 e. The summed E-state index contributed by atoms with van der Waals surface area (Å²) in [5.41, 5.74) is 2.25. The van der Waals surface area contributed by atoms with Gasteiger partial charge in [0.1, 0.15) is 11.4 Å². The maximum absolute atomic E-state index is 13.3. The number of aromatic nitrogens is 1. The van der Waals surface area contributed by atoms with Crippen LogP contribution in [0.4, 0.5) is 4.39 Å². The van der Waals surface area contributed by atoms with Crippen LogP contribution in [0.5, 0.6) is 5.88 Å². The minimum absolute atomic E-state index is 0.0988. The van der Waals surface area contributed by atoms with Crippen molar-refractivity contribution in [2.75, 3.05) is 6.54 Å². The number of carbonyl (C=O) groups excluding carboxylic acids is 1. The second kappa shape index (κ2) is 11.7. The molecular weight excluding hydrogens is 461 g/mol. The van der Waals surface area contributed by atoms with Gasteiger partial charge in [0.2, 0.25) is 11.8 Å². The molecule has 1 fully saturated rings. The van der Waals surface area contributed by atoms with Crippen molar-refractivity contribution in [3.05, 3.63) is 59.0 Å². The van der Waals surface area contributed by atoms with Crippen LogP contribution in [0.2, 0.25) is 0 Å². The van der Waals surface area contributed by atoms with Gasteiger partial charge >= 0.3 is 0 Å². The Morgan fingerprint density at radius 1 is 1.28 bits per heavy atom. The number of carbonyl (C=O) groups is 1. The third-order valence-corrected chi connectivity index (χ3v) is 7.44. The van der Waals surface area contributed by atoms with Gasteiger partial charge in [-0.25, -0.2) is 9.37 Å². The Kier molecular flexibility index (Phi) is 8.59. The van der Waals surface area contributed by atoms with Crippen LogP contribution in [-0.2, 0) is 11.2 Å². The third-order valence-electron chi connectivity index (χ3n) is 7.44. The molecule has 1 spiro atoms. The summed E-state index contributed by atoms with van der Waals surface area (Å²) in [4.78, 5) is 16.4. The summed E-state index contributed by atoms with van der Waals surface area (Å²) in [5, 5.41) is 28.0. The number of amides is 1. The van der Waals surface area contributed by atoms with Gasteiger partial charge in [-0.05, 0) is 61.4 Å². The molecule has 1 amide bonds. The molecule has 36 heavy (non-hydrogen) atoms. The van der Waals surface area contributed by atoms with Crippen LogP contribution in [-0.4, -0.2) is 45.4 Å². The zero-order valence-electron chi connectivity index (χ0n) is 21.2. The van der Waals surface area contributed by atoms with Crippen molar-refractivity contribution < 1.29 is 24.1 Å². The van der Waals surface area contributed by atoms with E-state index in [1.165, 1.54) is 19.1 Å². The highest BCUT2D eigenvalue weighted by atomic mass is 19.1. The van der Waals surface area contributed by atoms with E-state index in [2.05, 4.69) is 22.5 Å². The number of hydrogen-bond acceptors (Lipinski definition) is 6. The summed E-state index contributed by atoms with van der Waals surface area (Å²) in [6.07, 6.45) is 7.07. The Hall–Kier alpha value is -2.55. The van der Waals surface area contributed by atoms with Crippen molar-refractivity contribution in [2.24, 2.45) is 0 Å². The highest BCUT2D eigenvalue weighted by Crippen LogP contribution is 2.48. The van der Waals surface area contributed by atoms with Gasteiger partial charge in [0.15, 0.2) is 0 Å². The summed E-state index contributed by atoms with van der Waals surface area (Å²) >= 11 is 0. The Morgan fingerprint density at radius 2 is 2.03 bits per heavy atom. The highest BCUT2D eigenvalue weighted by Gasteiger charge is 2.46. The molecule has 2 heterocycles. The Morgan fingerprint density at radius 3 is 2.67 bits per heavy atom. The van der Waals surface area contributed by atoms with Gasteiger partial charge in [-0.1, -0.05) is 31.9 Å². The summed E-state index contributed by atoms with van der Waals surface area (Å²) in [6.45, 7) is 3.76. The molecule has 7 nitrogen and oxygen atoms in total. The first-order valence-corrected chi connectivity index (χ1v) is 13.1. The van der Waals surface area contributed by atoms with Crippen molar-refractivity contribution in [3.63, 3.8) is 0 Å². The first-order chi connectivity index (χ1) is 17.3. The second-order valence-corrected chi connectivity index (χ2v) is 10.3. The lowest BCUT2D eigenvalue weighted by Gasteiger charge is -2.47. The van der Waals surface area contributed by atoms with E-state index in [0.717, 1.165) is 55.2 Å². The molecule has 0 bridgehead atoms. The zero-order valence-corrected chi connectivity index (χ0v) is 21.2. The molecule has 2 aromatic rings. The number of halogens is 1. The smallest absolute Gasteiger partial charge is 0.218 e. The van der Waals surface area contributed by atoms with Crippen LogP contribution in [0.3, 0.4) is 0 Å². The van der Waals surface area contributed by atoms with Gasteiger partial charge in [-0.2, -0.15) is 0 Å². The fourth-order valence-electron chi connectivity index (χ4n) is 5.18. The lowest BCUT2D eigenvalue weighted by molar-refractivity contribution is -0.120. The van der Waals surface area contributed by atoms with Crippen molar-refractivity contribution in [3.8, 4) is 5.88 Å². The van der Waals surface area contributed by atoms with E-state index < -0.39 is 18.2 Å². The van der Waals surface area contributed by atoms with Crippen molar-refractivity contribution in [1.29, 1.82) is 0 Å². The molecular formula is C28H38FN3O4. The van der Waals surface area contributed by atoms with Crippen LogP contribution in [0, 0.1) is 5.82 Å². The summed E-state index contributed by atoms with van der Waals surface area (Å²) in [7, 11) is 0. The first-order valence-electron chi connectivity index (χ1n) is 13.1. The number of fused-ring (bicyclic) bond motifs is 1. The fourth-order valence-corrected chi connectivity index (χ4v) is 5.18. The van der Waals surface area contributed by atoms with Crippen molar-refractivity contribution in [1.82, 2.24) is 15.6 Å². The predicted molar refractivity (Wildman–Crippen MR) is 135 cm³/mol. The second-order valence-electron chi connectivity index (χ2n) is 10.3. The van der Waals surface area contributed by atoms with Crippen molar-refractivity contribution in [2.45, 2.75) is 95.1 Å². The first kappa shape index (κ1) is 26.5. The number of unbranched alkanes of at least 4 members (excludes halogenated alkanes) is 1. The SMILES string of the molecule is CCCCC(O)c1cnc2c(c1)[C@@H](NC[C@H](O)[C@H](Cc1ccc(F)cc1)NC(C)=O)CC1(CCC1)O2. The van der Waals surface area contributed by atoms with E-state index >= 15 is 0 Å². The van der Waals surface area contributed by atoms with Crippen LogP contribution < -0.4 is 15.4 Å². The Labute approximate surface area is 212 Å². The number of hydrogen-bond donors (Lipinski definition) is 4. The average molecular weight is 500 g/mol. The summed E-state index contributed by atoms with van der Waals surface area (Å²) in [5.74, 6) is 0.0259. The predicted octanol–water partition coefficient (Wildman–Crippen LogP) is 3.89. The molecule has 4 rings (SSSR count). The zero-order chi connectivity index (χ0) is 25.7. The molecule has 2 aliphatic rings. The Bertz CT molecular complexity index is 1030. The van der Waals surface area contributed by atoms with E-state index in [9.17, 15) is 19.4 Å². The molecule has 4 N–H and O–H groups in total. The number of aliphatic hydroxyl groups is 2. The lowest BCUT2D eigenvalue weighted by Crippen LogP contribution is -2.52. The fraction of sp³-hybridized carbons (Fsp3) is 0.571. The molecule has 196 valence electrons. The molecule has 1 aromatic heterocycles. The van der Waals surface area contributed by atoms with E-state index in [4.69, 9.17) is 4.74 Å². The number of rotatable bonds is 11. The minimum atomic E-state index is -0.867. The lowest BCUT2D eigenvalue weighted by atomic mass is 9.73. The van der Waals surface area contributed by atoms with Gasteiger partial charge in [0.05, 0.1) is 18.2 Å². The highest BCUT2D eigenvalue weighted by molar-refractivity contribution is 5.73. The number of nitrogens with zero attached hydrogens (tertiary/aromatic N) is 1. The van der Waals surface area contributed by atoms with Crippen LogP contribution in [0.1, 0.15) is 87.6 Å². The molecule has 1 saturated carbocycles. The molecule has 4 atom stereocenters. The van der Waals surface area contributed by atoms with Crippen molar-refractivity contribution >= 4 is 5.91 Å². The standard InChI is InChI=1S/C28H38FN3O4/c1-3-4-6-25(34)20-14-22-24(15-28(11-5-12-28)36-27(22)31-16-20)30-17-26(35)23(32-18(2)33)13-19-7-9-21(29)10-8-19/h7-10,14,16,23-26,30,34-35H,3-6,11-13,15,17H2,1-2H3,(H,32,33)/t23-,24-,25?,26-/m0/s1.